The van der Waals surface area contributed by atoms with Gasteiger partial charge in [0.15, 0.2) is 0 Å². The van der Waals surface area contributed by atoms with Gasteiger partial charge in [0.25, 0.3) is 0 Å². The number of amides is 1. The predicted octanol–water partition coefficient (Wildman–Crippen LogP) is 2.50. The number of ether oxygens (including phenoxy) is 2. The second kappa shape index (κ2) is 8.57. The van der Waals surface area contributed by atoms with Crippen molar-refractivity contribution >= 4 is 27.3 Å². The monoisotopic (exact) mass is 378 g/mol. The van der Waals surface area contributed by atoms with Gasteiger partial charge in [-0.1, -0.05) is 12.1 Å². The maximum Gasteiger partial charge on any atom is 0.245 e. The number of hydrogen-bond acceptors (Lipinski definition) is 5. The van der Waals surface area contributed by atoms with Crippen molar-refractivity contribution < 1.29 is 22.7 Å². The summed E-state index contributed by atoms with van der Waals surface area (Å²) in [6.07, 6.45) is 1.05. The first kappa shape index (κ1) is 19.6. The highest BCUT2D eigenvalue weighted by atomic mass is 32.2. The molecule has 0 unspecified atom stereocenters. The maximum atomic E-state index is 12.4. The molecule has 2 rings (SSSR count). The fraction of sp³-hybridized carbons (Fsp3) is 0.278. The molecule has 140 valence electrons. The Balaban J connectivity index is 2.22. The Morgan fingerprint density at radius 2 is 1.77 bits per heavy atom. The average Bonchev–Trinajstić information content (AvgIpc) is 2.60. The molecule has 0 heterocycles. The highest BCUT2D eigenvalue weighted by Gasteiger charge is 2.23. The number of para-hydroxylation sites is 2. The first-order chi connectivity index (χ1) is 12.3. The molecule has 26 heavy (non-hydrogen) atoms. The number of benzene rings is 2. The van der Waals surface area contributed by atoms with E-state index < -0.39 is 15.9 Å². The second-order valence-electron chi connectivity index (χ2n) is 5.45. The van der Waals surface area contributed by atoms with Crippen LogP contribution in [-0.4, -0.2) is 40.8 Å². The molecule has 0 aliphatic heterocycles. The summed E-state index contributed by atoms with van der Waals surface area (Å²) in [5, 5.41) is 2.68. The first-order valence-corrected chi connectivity index (χ1v) is 9.83. The van der Waals surface area contributed by atoms with E-state index in [9.17, 15) is 13.2 Å². The molecule has 0 radical (unpaired) electrons. The number of nitrogens with one attached hydrogen (secondary N) is 1. The van der Waals surface area contributed by atoms with Gasteiger partial charge in [-0.25, -0.2) is 8.42 Å². The summed E-state index contributed by atoms with van der Waals surface area (Å²) in [6.45, 7) is 1.82. The molecule has 0 saturated heterocycles. The molecular weight excluding hydrogens is 356 g/mol. The van der Waals surface area contributed by atoms with Crippen molar-refractivity contribution in [2.45, 2.75) is 6.92 Å². The Bertz CT molecular complexity index is 850. The molecular formula is C18H22N2O5S. The molecule has 0 aromatic heterocycles. The third-order valence-electron chi connectivity index (χ3n) is 3.50. The molecule has 8 heteroatoms. The summed E-state index contributed by atoms with van der Waals surface area (Å²) in [7, 11) is -2.14. The van der Waals surface area contributed by atoms with E-state index >= 15 is 0 Å². The van der Waals surface area contributed by atoms with Crippen LogP contribution in [0.4, 0.5) is 11.4 Å². The molecule has 0 atom stereocenters. The summed E-state index contributed by atoms with van der Waals surface area (Å²) in [5.74, 6) is 0.593. The van der Waals surface area contributed by atoms with Gasteiger partial charge in [0, 0.05) is 5.69 Å². The van der Waals surface area contributed by atoms with Crippen LogP contribution in [0.3, 0.4) is 0 Å². The second-order valence-corrected chi connectivity index (χ2v) is 7.35. The van der Waals surface area contributed by atoms with E-state index in [1.54, 1.807) is 62.6 Å². The quantitative estimate of drug-likeness (QED) is 0.763. The zero-order chi connectivity index (χ0) is 19.2. The van der Waals surface area contributed by atoms with Crippen LogP contribution in [0.25, 0.3) is 0 Å². The van der Waals surface area contributed by atoms with Gasteiger partial charge in [0.05, 0.1) is 25.7 Å². The van der Waals surface area contributed by atoms with Gasteiger partial charge in [-0.15, -0.1) is 0 Å². The SMILES string of the molecule is CCOc1ccccc1N(CC(=O)Nc1ccc(OC)cc1)S(C)(=O)=O. The Morgan fingerprint density at radius 1 is 1.12 bits per heavy atom. The Labute approximate surface area is 153 Å². The lowest BCUT2D eigenvalue weighted by Gasteiger charge is -2.24. The number of sulfonamides is 1. The summed E-state index contributed by atoms with van der Waals surface area (Å²) in [6, 6.07) is 13.5. The third kappa shape index (κ3) is 5.13. The molecule has 0 aliphatic carbocycles. The third-order valence-corrected chi connectivity index (χ3v) is 4.62. The Hall–Kier alpha value is -2.74. The van der Waals surface area contributed by atoms with Crippen LogP contribution in [0.1, 0.15) is 6.92 Å². The smallest absolute Gasteiger partial charge is 0.245 e. The van der Waals surface area contributed by atoms with Crippen molar-refractivity contribution in [3.8, 4) is 11.5 Å². The number of carbonyl (C=O) groups is 1. The predicted molar refractivity (Wildman–Crippen MR) is 101 cm³/mol. The van der Waals surface area contributed by atoms with Gasteiger partial charge in [0.2, 0.25) is 15.9 Å². The number of nitrogens with zero attached hydrogens (tertiary/aromatic N) is 1. The summed E-state index contributed by atoms with van der Waals surface area (Å²) in [4.78, 5) is 12.4. The largest absolute Gasteiger partial charge is 0.497 e. The highest BCUT2D eigenvalue weighted by Crippen LogP contribution is 2.29. The zero-order valence-electron chi connectivity index (χ0n) is 14.9. The van der Waals surface area contributed by atoms with Gasteiger partial charge in [-0.05, 0) is 43.3 Å². The van der Waals surface area contributed by atoms with Crippen molar-refractivity contribution in [2.24, 2.45) is 0 Å². The van der Waals surface area contributed by atoms with E-state index in [1.807, 2.05) is 0 Å². The van der Waals surface area contributed by atoms with Crippen molar-refractivity contribution in [3.63, 3.8) is 0 Å². The van der Waals surface area contributed by atoms with Crippen LogP contribution in [0.2, 0.25) is 0 Å². The molecule has 0 aliphatic rings. The minimum atomic E-state index is -3.68. The van der Waals surface area contributed by atoms with E-state index in [0.717, 1.165) is 10.6 Å². The van der Waals surface area contributed by atoms with E-state index in [-0.39, 0.29) is 6.54 Å². The van der Waals surface area contributed by atoms with Crippen molar-refractivity contribution in [3.05, 3.63) is 48.5 Å². The molecule has 0 spiro atoms. The fourth-order valence-corrected chi connectivity index (χ4v) is 3.19. The minimum Gasteiger partial charge on any atom is -0.497 e. The lowest BCUT2D eigenvalue weighted by atomic mass is 10.3. The Kier molecular flexibility index (Phi) is 6.46. The lowest BCUT2D eigenvalue weighted by molar-refractivity contribution is -0.114. The maximum absolute atomic E-state index is 12.4. The number of methoxy groups -OCH3 is 1. The first-order valence-electron chi connectivity index (χ1n) is 7.98. The molecule has 0 saturated carbocycles. The molecule has 0 fully saturated rings. The minimum absolute atomic E-state index is 0.321. The lowest BCUT2D eigenvalue weighted by Crippen LogP contribution is -2.37. The van der Waals surface area contributed by atoms with Crippen LogP contribution in [0, 0.1) is 0 Å². The van der Waals surface area contributed by atoms with Gasteiger partial charge in [-0.2, -0.15) is 0 Å². The Morgan fingerprint density at radius 3 is 2.35 bits per heavy atom. The number of hydrogen-bond donors (Lipinski definition) is 1. The topological polar surface area (TPSA) is 84.9 Å². The molecule has 1 amide bonds. The molecule has 0 bridgehead atoms. The average molecular weight is 378 g/mol. The van der Waals surface area contributed by atoms with Crippen LogP contribution in [0.15, 0.2) is 48.5 Å². The van der Waals surface area contributed by atoms with Crippen molar-refractivity contribution in [1.29, 1.82) is 0 Å². The normalized spacial score (nSPS) is 10.9. The fourth-order valence-electron chi connectivity index (χ4n) is 2.33. The van der Waals surface area contributed by atoms with E-state index in [4.69, 9.17) is 9.47 Å². The summed E-state index contributed by atoms with van der Waals surface area (Å²) in [5.41, 5.74) is 0.865. The van der Waals surface area contributed by atoms with Gasteiger partial charge < -0.3 is 14.8 Å². The van der Waals surface area contributed by atoms with Crippen molar-refractivity contribution in [1.82, 2.24) is 0 Å². The van der Waals surface area contributed by atoms with Gasteiger partial charge >= 0.3 is 0 Å². The van der Waals surface area contributed by atoms with E-state index in [0.29, 0.717) is 29.5 Å². The van der Waals surface area contributed by atoms with Crippen LogP contribution >= 0.6 is 0 Å². The number of rotatable bonds is 8. The molecule has 7 nitrogen and oxygen atoms in total. The zero-order valence-corrected chi connectivity index (χ0v) is 15.7. The number of anilines is 2. The van der Waals surface area contributed by atoms with Crippen LogP contribution in [-0.2, 0) is 14.8 Å². The van der Waals surface area contributed by atoms with E-state index in [2.05, 4.69) is 5.32 Å². The standard InChI is InChI=1S/C18H22N2O5S/c1-4-25-17-8-6-5-7-16(17)20(26(3,22)23)13-18(21)19-14-9-11-15(24-2)12-10-14/h5-12H,4,13H2,1-3H3,(H,19,21). The number of carbonyl (C=O) groups excluding carboxylic acids is 1. The van der Waals surface area contributed by atoms with E-state index in [1.165, 1.54) is 0 Å². The summed E-state index contributed by atoms with van der Waals surface area (Å²) < 4.78 is 36.0. The van der Waals surface area contributed by atoms with Gasteiger partial charge in [0.1, 0.15) is 18.0 Å². The van der Waals surface area contributed by atoms with Crippen LogP contribution < -0.4 is 19.1 Å². The molecule has 2 aromatic carbocycles. The molecule has 2 aromatic rings. The molecule has 1 N–H and O–H groups in total. The highest BCUT2D eigenvalue weighted by molar-refractivity contribution is 7.92. The summed E-state index contributed by atoms with van der Waals surface area (Å²) >= 11 is 0. The van der Waals surface area contributed by atoms with Crippen LogP contribution in [0.5, 0.6) is 11.5 Å². The van der Waals surface area contributed by atoms with Crippen molar-refractivity contribution in [2.75, 3.05) is 36.1 Å². The van der Waals surface area contributed by atoms with Gasteiger partial charge in [-0.3, -0.25) is 9.10 Å².